The number of nitrogen functional groups attached to an aromatic ring is 1. The molecule has 0 fully saturated rings. The highest BCUT2D eigenvalue weighted by Crippen LogP contribution is 2.35. The quantitative estimate of drug-likeness (QED) is 0.165. The Morgan fingerprint density at radius 3 is 1.69 bits per heavy atom. The number of alkyl halides is 6. The maximum Gasteiger partial charge on any atom is 0.433 e. The summed E-state index contributed by atoms with van der Waals surface area (Å²) in [4.78, 5) is 28.0. The summed E-state index contributed by atoms with van der Waals surface area (Å²) in [7, 11) is 0. The van der Waals surface area contributed by atoms with E-state index in [1.165, 1.54) is 73.6 Å². The predicted molar refractivity (Wildman–Crippen MR) is 183 cm³/mol. The Bertz CT molecular complexity index is 2420. The van der Waals surface area contributed by atoms with Gasteiger partial charge in [0, 0.05) is 41.5 Å². The Kier molecular flexibility index (Phi) is 10.1. The van der Waals surface area contributed by atoms with Gasteiger partial charge < -0.3 is 11.1 Å². The van der Waals surface area contributed by atoms with Crippen LogP contribution in [0.3, 0.4) is 0 Å². The summed E-state index contributed by atoms with van der Waals surface area (Å²) in [6.45, 7) is 0. The van der Waals surface area contributed by atoms with E-state index in [1.807, 2.05) is 6.07 Å². The molecule has 0 unspecified atom stereocenters. The molecule has 0 atom stereocenters. The van der Waals surface area contributed by atoms with Crippen molar-refractivity contribution in [1.29, 1.82) is 5.26 Å². The molecule has 1 aromatic carbocycles. The van der Waals surface area contributed by atoms with Crippen molar-refractivity contribution in [1.82, 2.24) is 39.5 Å². The lowest BCUT2D eigenvalue weighted by Gasteiger charge is -2.10. The first-order chi connectivity index (χ1) is 25.8. The molecule has 0 saturated heterocycles. The molecule has 3 N–H and O–H groups in total. The average Bonchev–Trinajstić information content (AvgIpc) is 3.84. The lowest BCUT2D eigenvalue weighted by atomic mass is 10.1. The van der Waals surface area contributed by atoms with Gasteiger partial charge in [-0.05, 0) is 78.9 Å². The van der Waals surface area contributed by atoms with Crippen molar-refractivity contribution in [2.45, 2.75) is 12.4 Å². The molecule has 0 aliphatic rings. The summed E-state index contributed by atoms with van der Waals surface area (Å²) < 4.78 is 82.0. The predicted octanol–water partition coefficient (Wildman–Crippen LogP) is 7.40. The van der Waals surface area contributed by atoms with Crippen molar-refractivity contribution in [3.8, 4) is 40.0 Å². The number of pyridine rings is 4. The number of halogens is 6. The molecule has 7 aromatic rings. The van der Waals surface area contributed by atoms with Gasteiger partial charge in [0.1, 0.15) is 23.0 Å². The molecule has 0 aliphatic carbocycles. The molecule has 270 valence electrons. The zero-order chi connectivity index (χ0) is 38.5. The number of nitrogens with one attached hydrogen (secondary N) is 1. The Morgan fingerprint density at radius 2 is 1.24 bits per heavy atom. The number of rotatable bonds is 6. The van der Waals surface area contributed by atoms with E-state index in [4.69, 9.17) is 11.0 Å². The number of hydrogen-bond donors (Lipinski definition) is 2. The van der Waals surface area contributed by atoms with E-state index in [9.17, 15) is 31.1 Å². The molecule has 0 saturated carbocycles. The van der Waals surface area contributed by atoms with Crippen LogP contribution in [-0.2, 0) is 12.4 Å². The molecule has 18 heteroatoms. The second-order valence-corrected chi connectivity index (χ2v) is 11.1. The molecule has 0 aliphatic heterocycles. The maximum atomic E-state index is 13.6. The Morgan fingerprint density at radius 1 is 0.685 bits per heavy atom. The summed E-state index contributed by atoms with van der Waals surface area (Å²) in [6.07, 6.45) is -0.852. The van der Waals surface area contributed by atoms with Crippen molar-refractivity contribution in [2.75, 3.05) is 11.1 Å². The van der Waals surface area contributed by atoms with E-state index < -0.39 is 29.6 Å². The molecular weight excluding hydrogens is 716 g/mol. The third kappa shape index (κ3) is 8.37. The van der Waals surface area contributed by atoms with Crippen LogP contribution in [0.2, 0.25) is 0 Å². The fraction of sp³-hybridized carbons (Fsp3) is 0.0556. The van der Waals surface area contributed by atoms with Gasteiger partial charge in [0.15, 0.2) is 0 Å². The number of aromatic nitrogens is 8. The van der Waals surface area contributed by atoms with Gasteiger partial charge in [-0.1, -0.05) is 6.07 Å². The molecule has 6 aromatic heterocycles. The van der Waals surface area contributed by atoms with Gasteiger partial charge in [-0.2, -0.15) is 41.8 Å². The molecule has 0 bridgehead atoms. The van der Waals surface area contributed by atoms with Crippen molar-refractivity contribution in [3.63, 3.8) is 0 Å². The van der Waals surface area contributed by atoms with Crippen LogP contribution in [0.15, 0.2) is 122 Å². The second-order valence-electron chi connectivity index (χ2n) is 11.1. The molecule has 54 heavy (non-hydrogen) atoms. The van der Waals surface area contributed by atoms with E-state index in [1.54, 1.807) is 36.4 Å². The number of hydrogen-bond acceptors (Lipinski definition) is 9. The smallest absolute Gasteiger partial charge is 0.384 e. The molecule has 1 amide bonds. The molecule has 7 rings (SSSR count). The summed E-state index contributed by atoms with van der Waals surface area (Å²) in [5.41, 5.74) is 5.64. The number of benzene rings is 1. The number of amides is 1. The van der Waals surface area contributed by atoms with Crippen LogP contribution in [-0.4, -0.2) is 45.4 Å². The van der Waals surface area contributed by atoms with E-state index in [2.05, 4.69) is 35.5 Å². The third-order valence-electron chi connectivity index (χ3n) is 7.42. The fourth-order valence-corrected chi connectivity index (χ4v) is 4.90. The first-order valence-electron chi connectivity index (χ1n) is 15.5. The molecule has 6 heterocycles. The lowest BCUT2D eigenvalue weighted by molar-refractivity contribution is -0.143. The van der Waals surface area contributed by atoms with Gasteiger partial charge in [-0.15, -0.1) is 0 Å². The minimum absolute atomic E-state index is 0.0666. The molecule has 0 radical (unpaired) electrons. The van der Waals surface area contributed by atoms with Gasteiger partial charge in [-0.25, -0.2) is 19.3 Å². The van der Waals surface area contributed by atoms with E-state index in [0.717, 1.165) is 21.5 Å². The first-order valence-corrected chi connectivity index (χ1v) is 15.5. The number of carbonyl (C=O) groups excluding carboxylic acids is 1. The van der Waals surface area contributed by atoms with Gasteiger partial charge in [0.2, 0.25) is 0 Å². The Hall–Kier alpha value is -7.42. The number of anilines is 2. The number of carbonyl (C=O) groups is 1. The van der Waals surface area contributed by atoms with Gasteiger partial charge >= 0.3 is 12.4 Å². The highest BCUT2D eigenvalue weighted by molar-refractivity contribution is 6.04. The van der Waals surface area contributed by atoms with Crippen LogP contribution in [0.1, 0.15) is 27.3 Å². The van der Waals surface area contributed by atoms with Crippen LogP contribution in [0, 0.1) is 11.3 Å². The zero-order valence-corrected chi connectivity index (χ0v) is 27.3. The highest BCUT2D eigenvalue weighted by Gasteiger charge is 2.37. The van der Waals surface area contributed by atoms with Gasteiger partial charge in [0.05, 0.1) is 46.8 Å². The van der Waals surface area contributed by atoms with Gasteiger partial charge in [0.25, 0.3) is 5.91 Å². The van der Waals surface area contributed by atoms with Crippen LogP contribution < -0.4 is 11.1 Å². The van der Waals surface area contributed by atoms with Crippen molar-refractivity contribution in [2.24, 2.45) is 0 Å². The summed E-state index contributed by atoms with van der Waals surface area (Å²) in [6, 6.07) is 22.0. The average molecular weight is 740 g/mol. The number of nitrogens with zero attached hydrogens (tertiary/aromatic N) is 9. The minimum atomic E-state index is -4.65. The lowest BCUT2D eigenvalue weighted by Crippen LogP contribution is -2.15. The molecular formula is C36H23F6N11O. The van der Waals surface area contributed by atoms with Crippen LogP contribution >= 0.6 is 0 Å². The monoisotopic (exact) mass is 739 g/mol. The highest BCUT2D eigenvalue weighted by atomic mass is 19.4. The van der Waals surface area contributed by atoms with Crippen molar-refractivity contribution < 1.29 is 31.1 Å². The summed E-state index contributed by atoms with van der Waals surface area (Å²) in [5.74, 6) is -0.150. The minimum Gasteiger partial charge on any atom is -0.384 e. The number of nitrogens with two attached hydrogens (primary N) is 1. The van der Waals surface area contributed by atoms with Crippen molar-refractivity contribution in [3.05, 3.63) is 145 Å². The maximum absolute atomic E-state index is 13.6. The summed E-state index contributed by atoms with van der Waals surface area (Å²) >= 11 is 0. The van der Waals surface area contributed by atoms with Crippen molar-refractivity contribution >= 4 is 17.5 Å². The van der Waals surface area contributed by atoms with Crippen LogP contribution in [0.4, 0.5) is 38.0 Å². The molecule has 0 spiro atoms. The van der Waals surface area contributed by atoms with E-state index in [-0.39, 0.29) is 40.0 Å². The topological polar surface area (TPSA) is 166 Å². The first kappa shape index (κ1) is 36.4. The fourth-order valence-electron chi connectivity index (χ4n) is 4.90. The Balaban J connectivity index is 0.000000197. The SMILES string of the molecule is N#Cc1cccc(C(=O)Nc2ccc(-n3nc(-c4cccnc4)cc3C(F)(F)F)cn2)c1.Nc1ccc(-n2nc(-c3cccnc3)cc2C(F)(F)F)cn1. The standard InChI is InChI=1S/C22H13F3N6O.C14H10F3N5/c23-22(24,25)19-10-18(16-5-2-8-27-12-16)30-31(19)17-6-7-20(28-13-17)29-21(32)15-4-1-3-14(9-15)11-26;15-14(16,17)12-6-11(9-2-1-5-19-7-9)21-22(12)10-3-4-13(18)20-8-10/h1-10,12-13H,(H,28,29,32);1-8H,(H2,18,20). The van der Waals surface area contributed by atoms with E-state index >= 15 is 0 Å². The third-order valence-corrected chi connectivity index (χ3v) is 7.42. The van der Waals surface area contributed by atoms with Crippen LogP contribution in [0.5, 0.6) is 0 Å². The van der Waals surface area contributed by atoms with Crippen LogP contribution in [0.25, 0.3) is 33.9 Å². The van der Waals surface area contributed by atoms with E-state index in [0.29, 0.717) is 16.7 Å². The summed E-state index contributed by atoms with van der Waals surface area (Å²) in [5, 5.41) is 19.6. The molecule has 12 nitrogen and oxygen atoms in total. The Labute approximate surface area is 301 Å². The second kappa shape index (κ2) is 15.1. The van der Waals surface area contributed by atoms with Gasteiger partial charge in [-0.3, -0.25) is 14.8 Å². The largest absolute Gasteiger partial charge is 0.433 e. The zero-order valence-electron chi connectivity index (χ0n) is 27.3. The normalized spacial score (nSPS) is 11.3. The number of nitriles is 1.